The topological polar surface area (TPSA) is 150 Å². The third-order valence-corrected chi connectivity index (χ3v) is 5.71. The summed E-state index contributed by atoms with van der Waals surface area (Å²) >= 11 is 1.49. The Morgan fingerprint density at radius 2 is 2.25 bits per heavy atom. The lowest BCUT2D eigenvalue weighted by Gasteiger charge is -2.15. The number of nitrogens with two attached hydrogens (primary N) is 1. The molecule has 0 saturated heterocycles. The highest BCUT2D eigenvalue weighted by Crippen LogP contribution is 2.39. The van der Waals surface area contributed by atoms with Crippen molar-refractivity contribution in [3.05, 3.63) is 33.6 Å². The van der Waals surface area contributed by atoms with Gasteiger partial charge in [-0.15, -0.1) is 11.3 Å². The average molecular weight is 457 g/mol. The number of fused-ring (bicyclic) bond motifs is 3. The van der Waals surface area contributed by atoms with Crippen LogP contribution < -0.4 is 10.5 Å². The predicted octanol–water partition coefficient (Wildman–Crippen LogP) is 2.05. The summed E-state index contributed by atoms with van der Waals surface area (Å²) in [5.41, 5.74) is 7.11. The zero-order valence-electron chi connectivity index (χ0n) is 18.2. The Balaban J connectivity index is 1.94. The lowest BCUT2D eigenvalue weighted by atomic mass is 9.98. The molecule has 0 saturated carbocycles. The number of aliphatic imine (C=N–C) groups is 3. The second kappa shape index (κ2) is 10.6. The molecule has 2 heterocycles. The van der Waals surface area contributed by atoms with Crippen molar-refractivity contribution < 1.29 is 14.9 Å². The van der Waals surface area contributed by atoms with Crippen LogP contribution in [0.15, 0.2) is 33.2 Å². The number of aliphatic hydroxyl groups is 2. The number of benzene rings is 1. The zero-order valence-corrected chi connectivity index (χ0v) is 19.0. The van der Waals surface area contributed by atoms with Gasteiger partial charge in [0, 0.05) is 29.3 Å². The fourth-order valence-corrected chi connectivity index (χ4v) is 4.16. The quantitative estimate of drug-likeness (QED) is 0.354. The smallest absolute Gasteiger partial charge is 0.185 e. The van der Waals surface area contributed by atoms with E-state index in [0.717, 1.165) is 21.7 Å². The molecule has 0 radical (unpaired) electrons. The van der Waals surface area contributed by atoms with E-state index in [1.54, 1.807) is 20.1 Å². The lowest BCUT2D eigenvalue weighted by molar-refractivity contribution is 0.0905. The Hall–Kier alpha value is -2.95. The van der Waals surface area contributed by atoms with Gasteiger partial charge in [0.05, 0.1) is 49.9 Å². The van der Waals surface area contributed by atoms with Crippen molar-refractivity contribution in [2.75, 3.05) is 26.3 Å². The number of hydrogen-bond donors (Lipinski definition) is 4. The molecule has 170 valence electrons. The zero-order chi connectivity index (χ0) is 23.1. The molecular weight excluding hydrogens is 428 g/mol. The molecule has 0 aliphatic carbocycles. The van der Waals surface area contributed by atoms with Crippen molar-refractivity contribution in [1.29, 1.82) is 5.41 Å². The van der Waals surface area contributed by atoms with Gasteiger partial charge in [-0.3, -0.25) is 9.98 Å². The molecular formula is C22H28N6O3S. The highest BCUT2D eigenvalue weighted by atomic mass is 32.1. The van der Waals surface area contributed by atoms with Crippen LogP contribution >= 0.6 is 11.3 Å². The van der Waals surface area contributed by atoms with Crippen LogP contribution in [0.3, 0.4) is 0 Å². The number of thiazole rings is 1. The van der Waals surface area contributed by atoms with E-state index in [1.165, 1.54) is 23.9 Å². The molecule has 1 aromatic heterocycles. The van der Waals surface area contributed by atoms with Gasteiger partial charge in [0.1, 0.15) is 5.75 Å². The van der Waals surface area contributed by atoms with Crippen LogP contribution in [0.2, 0.25) is 0 Å². The fraction of sp³-hybridized carbons (Fsp3) is 0.409. The van der Waals surface area contributed by atoms with Crippen molar-refractivity contribution in [3.63, 3.8) is 0 Å². The number of aliphatic hydroxyl groups excluding tert-OH is 1. The highest BCUT2D eigenvalue weighted by molar-refractivity contribution is 7.14. The number of aromatic nitrogens is 1. The van der Waals surface area contributed by atoms with Gasteiger partial charge in [-0.25, -0.2) is 9.98 Å². The molecule has 5 N–H and O–H groups in total. The molecule has 1 atom stereocenters. The van der Waals surface area contributed by atoms with Crippen LogP contribution in [0.5, 0.6) is 5.75 Å². The first-order valence-corrected chi connectivity index (χ1v) is 11.1. The molecule has 0 bridgehead atoms. The van der Waals surface area contributed by atoms with Crippen molar-refractivity contribution in [3.8, 4) is 17.0 Å². The van der Waals surface area contributed by atoms with Crippen LogP contribution in [0.4, 0.5) is 0 Å². The number of amidine groups is 1. The Morgan fingerprint density at radius 1 is 1.44 bits per heavy atom. The molecule has 1 aliphatic rings. The fourth-order valence-electron chi connectivity index (χ4n) is 3.15. The first-order chi connectivity index (χ1) is 15.4. The maximum atomic E-state index is 9.85. The summed E-state index contributed by atoms with van der Waals surface area (Å²) in [4.78, 5) is 18.5. The SMILES string of the molecule is CC(C)(O)CN=CC(C=N)c1ccc2c(c1)OCCc1sc(C(N=CN)=NCCO)nc1-2. The average Bonchev–Trinajstić information content (AvgIpc) is 3.09. The molecule has 0 fully saturated rings. The van der Waals surface area contributed by atoms with E-state index in [1.807, 2.05) is 18.2 Å². The largest absolute Gasteiger partial charge is 0.492 e. The second-order valence-corrected chi connectivity index (χ2v) is 8.93. The Morgan fingerprint density at radius 3 is 2.94 bits per heavy atom. The van der Waals surface area contributed by atoms with E-state index in [-0.39, 0.29) is 25.6 Å². The number of hydrogen-bond acceptors (Lipinski definition) is 8. The summed E-state index contributed by atoms with van der Waals surface area (Å²) in [6, 6.07) is 5.78. The van der Waals surface area contributed by atoms with Crippen molar-refractivity contribution in [2.45, 2.75) is 31.8 Å². The van der Waals surface area contributed by atoms with Gasteiger partial charge < -0.3 is 26.1 Å². The minimum atomic E-state index is -0.897. The van der Waals surface area contributed by atoms with Gasteiger partial charge >= 0.3 is 0 Å². The lowest BCUT2D eigenvalue weighted by Crippen LogP contribution is -2.23. The molecule has 1 aromatic carbocycles. The minimum absolute atomic E-state index is 0.0819. The molecule has 0 amide bonds. The number of rotatable bonds is 8. The van der Waals surface area contributed by atoms with Crippen LogP contribution in [0.25, 0.3) is 11.3 Å². The molecule has 9 nitrogen and oxygen atoms in total. The van der Waals surface area contributed by atoms with Gasteiger partial charge in [-0.2, -0.15) is 0 Å². The Labute approximate surface area is 191 Å². The summed E-state index contributed by atoms with van der Waals surface area (Å²) in [7, 11) is 0. The van der Waals surface area contributed by atoms with Gasteiger partial charge in [0.15, 0.2) is 10.8 Å². The normalized spacial score (nSPS) is 15.3. The van der Waals surface area contributed by atoms with Gasteiger partial charge in [0.2, 0.25) is 0 Å². The monoisotopic (exact) mass is 456 g/mol. The molecule has 1 aliphatic heterocycles. The molecule has 10 heteroatoms. The standard InChI is InChI=1S/C22H28N6O3S/c1-22(2,30)12-25-11-15(10-23)14-3-4-16-17(9-14)31-8-5-18-19(16)28-21(32-18)20(27-13-24)26-6-7-29/h3-4,9-11,13,15,23,29-30H,5-8,12H2,1-2H3,(H2,24,26,27). The van der Waals surface area contributed by atoms with E-state index in [4.69, 9.17) is 26.0 Å². The van der Waals surface area contributed by atoms with Crippen LogP contribution in [0.1, 0.15) is 35.2 Å². The van der Waals surface area contributed by atoms with Gasteiger partial charge in [0.25, 0.3) is 0 Å². The van der Waals surface area contributed by atoms with Crippen LogP contribution in [-0.4, -0.2) is 71.7 Å². The number of nitrogens with zero attached hydrogens (tertiary/aromatic N) is 4. The summed E-state index contributed by atoms with van der Waals surface area (Å²) < 4.78 is 5.99. The second-order valence-electron chi connectivity index (χ2n) is 7.85. The maximum Gasteiger partial charge on any atom is 0.185 e. The first-order valence-electron chi connectivity index (χ1n) is 10.3. The van der Waals surface area contributed by atoms with Gasteiger partial charge in [-0.1, -0.05) is 6.07 Å². The molecule has 1 unspecified atom stereocenters. The van der Waals surface area contributed by atoms with Crippen molar-refractivity contribution in [1.82, 2.24) is 4.98 Å². The number of ether oxygens (including phenoxy) is 1. The first kappa shape index (κ1) is 23.7. The molecule has 32 heavy (non-hydrogen) atoms. The van der Waals surface area contributed by atoms with E-state index in [2.05, 4.69) is 15.0 Å². The third-order valence-electron chi connectivity index (χ3n) is 4.60. The van der Waals surface area contributed by atoms with Crippen molar-refractivity contribution in [2.24, 2.45) is 20.7 Å². The molecule has 0 spiro atoms. The molecule has 2 aromatic rings. The third kappa shape index (κ3) is 5.84. The Kier molecular flexibility index (Phi) is 7.84. The van der Waals surface area contributed by atoms with Crippen molar-refractivity contribution >= 4 is 35.9 Å². The van der Waals surface area contributed by atoms with E-state index in [9.17, 15) is 5.11 Å². The summed E-state index contributed by atoms with van der Waals surface area (Å²) in [5.74, 6) is 0.763. The number of nitrogens with one attached hydrogen (secondary N) is 1. The minimum Gasteiger partial charge on any atom is -0.492 e. The van der Waals surface area contributed by atoms with E-state index < -0.39 is 5.60 Å². The predicted molar refractivity (Wildman–Crippen MR) is 129 cm³/mol. The molecule has 3 rings (SSSR count). The summed E-state index contributed by atoms with van der Waals surface area (Å²) in [6.45, 7) is 4.28. The summed E-state index contributed by atoms with van der Waals surface area (Å²) in [5, 5.41) is 27.4. The highest BCUT2D eigenvalue weighted by Gasteiger charge is 2.23. The van der Waals surface area contributed by atoms with E-state index >= 15 is 0 Å². The van der Waals surface area contributed by atoms with Crippen LogP contribution in [0, 0.1) is 5.41 Å². The summed E-state index contributed by atoms with van der Waals surface area (Å²) in [6.07, 6.45) is 4.85. The van der Waals surface area contributed by atoms with Crippen LogP contribution in [-0.2, 0) is 6.42 Å². The maximum absolute atomic E-state index is 9.85. The van der Waals surface area contributed by atoms with Gasteiger partial charge in [-0.05, 0) is 31.5 Å². The Bertz CT molecular complexity index is 1040. The van der Waals surface area contributed by atoms with E-state index in [0.29, 0.717) is 29.6 Å².